The summed E-state index contributed by atoms with van der Waals surface area (Å²) in [6.45, 7) is 0. The molecule has 0 amide bonds. The predicted molar refractivity (Wildman–Crippen MR) is 25.9 cm³/mol. The van der Waals surface area contributed by atoms with E-state index >= 15 is 0 Å². The molecule has 0 aromatic carbocycles. The van der Waals surface area contributed by atoms with E-state index in [-0.39, 0.29) is 5.78 Å². The summed E-state index contributed by atoms with van der Waals surface area (Å²) in [5.41, 5.74) is -1.05. The van der Waals surface area contributed by atoms with Crippen LogP contribution < -0.4 is 0 Å². The van der Waals surface area contributed by atoms with Gasteiger partial charge in [0.2, 0.25) is 0 Å². The second-order valence-corrected chi connectivity index (χ2v) is 1.97. The van der Waals surface area contributed by atoms with Crippen molar-refractivity contribution in [2.75, 3.05) is 0 Å². The van der Waals surface area contributed by atoms with Crippen molar-refractivity contribution in [2.45, 2.75) is 25.6 Å². The van der Waals surface area contributed by atoms with Gasteiger partial charge in [-0.3, -0.25) is 4.79 Å². The first kappa shape index (κ1) is 1.57. The van der Waals surface area contributed by atoms with Crippen LogP contribution in [0.15, 0.2) is 0 Å². The highest BCUT2D eigenvalue weighted by Crippen LogP contribution is 2.56. The smallest absolute Gasteiger partial charge is 0.140 e. The molecule has 0 aromatic rings. The summed E-state index contributed by atoms with van der Waals surface area (Å²) >= 11 is 0. The van der Waals surface area contributed by atoms with E-state index in [1.54, 1.807) is 0 Å². The molecule has 1 spiro atoms. The van der Waals surface area contributed by atoms with Crippen molar-refractivity contribution in [3.8, 4) is 0 Å². The lowest BCUT2D eigenvalue weighted by Gasteiger charge is -2.21. The molecule has 0 bridgehead atoms. The minimum Gasteiger partial charge on any atom is -0.299 e. The zero-order valence-electron chi connectivity index (χ0n) is 7.72. The fourth-order valence-electron chi connectivity index (χ4n) is 0.745. The van der Waals surface area contributed by atoms with Gasteiger partial charge in [-0.2, -0.15) is 0 Å². The molecule has 2 rings (SSSR count). The Morgan fingerprint density at radius 1 is 1.71 bits per heavy atom. The van der Waals surface area contributed by atoms with Crippen molar-refractivity contribution in [3.05, 3.63) is 0 Å². The summed E-state index contributed by atoms with van der Waals surface area (Å²) in [6.07, 6.45) is -3.30. The van der Waals surface area contributed by atoms with E-state index in [9.17, 15) is 4.79 Å². The molecule has 7 heavy (non-hydrogen) atoms. The van der Waals surface area contributed by atoms with Gasteiger partial charge >= 0.3 is 0 Å². The maximum atomic E-state index is 10.9. The first-order valence-corrected chi connectivity index (χ1v) is 2.28. The Labute approximate surface area is 48.3 Å². The Kier molecular flexibility index (Phi) is 0.173. The van der Waals surface area contributed by atoms with E-state index in [2.05, 4.69) is 0 Å². The van der Waals surface area contributed by atoms with Gasteiger partial charge in [0.05, 0.1) is 0 Å². The fourth-order valence-corrected chi connectivity index (χ4v) is 0.745. The molecule has 0 N–H and O–H groups in total. The molecule has 1 nitrogen and oxygen atoms in total. The number of rotatable bonds is 0. The van der Waals surface area contributed by atoms with Gasteiger partial charge in [-0.15, -0.1) is 0 Å². The van der Waals surface area contributed by atoms with Crippen LogP contribution in [0.3, 0.4) is 0 Å². The molecule has 3 unspecified atom stereocenters. The molecule has 0 saturated heterocycles. The first-order valence-electron chi connectivity index (χ1n) is 4.58. The molecular formula is C6H8O. The molecule has 0 radical (unpaired) electrons. The molecule has 2 aliphatic carbocycles. The lowest BCUT2D eigenvalue weighted by molar-refractivity contribution is -0.114. The summed E-state index contributed by atoms with van der Waals surface area (Å²) in [5, 5.41) is 0. The molecular weight excluding hydrogens is 88.1 g/mol. The van der Waals surface area contributed by atoms with Gasteiger partial charge in [-0.1, -0.05) is 6.40 Å². The summed E-state index contributed by atoms with van der Waals surface area (Å²) in [7, 11) is 0. The molecule has 2 aliphatic rings. The Morgan fingerprint density at radius 2 is 2.29 bits per heavy atom. The number of Topliss-reactive ketones (excluding diaryl/α,β-unsaturated/α-hetero) is 1. The Morgan fingerprint density at radius 3 is 2.57 bits per heavy atom. The van der Waals surface area contributed by atoms with Crippen molar-refractivity contribution in [1.29, 1.82) is 0 Å². The van der Waals surface area contributed by atoms with Crippen molar-refractivity contribution in [1.82, 2.24) is 0 Å². The Hall–Kier alpha value is -0.330. The average molecular weight is 100 g/mol. The summed E-state index contributed by atoms with van der Waals surface area (Å²) in [5.74, 6) is -0.305. The van der Waals surface area contributed by atoms with Gasteiger partial charge in [0.25, 0.3) is 0 Å². The molecule has 2 saturated carbocycles. The normalized spacial score (nSPS) is 96.9. The van der Waals surface area contributed by atoms with Crippen LogP contribution in [-0.2, 0) is 4.79 Å². The minimum absolute atomic E-state index is 0.305. The van der Waals surface area contributed by atoms with E-state index in [4.69, 9.17) is 5.48 Å². The van der Waals surface area contributed by atoms with Crippen LogP contribution in [-0.4, -0.2) is 5.78 Å². The van der Waals surface area contributed by atoms with Gasteiger partial charge in [-0.25, -0.2) is 0 Å². The third-order valence-electron chi connectivity index (χ3n) is 1.46. The maximum absolute atomic E-state index is 10.9. The molecule has 1 heteroatoms. The van der Waals surface area contributed by atoms with Crippen molar-refractivity contribution in [2.24, 2.45) is 5.41 Å². The Balaban J connectivity index is 2.25. The van der Waals surface area contributed by atoms with Crippen LogP contribution in [0.1, 0.15) is 31.1 Å². The first-order chi connectivity index (χ1) is 5.04. The topological polar surface area (TPSA) is 17.1 Å². The van der Waals surface area contributed by atoms with Crippen LogP contribution >= 0.6 is 0 Å². The van der Waals surface area contributed by atoms with Crippen LogP contribution in [0.4, 0.5) is 0 Å². The molecule has 0 aromatic heterocycles. The molecule has 0 heterocycles. The van der Waals surface area contributed by atoms with E-state index < -0.39 is 31.0 Å². The minimum atomic E-state index is -1.05. The molecule has 3 atom stereocenters. The quantitative estimate of drug-likeness (QED) is 0.446. The summed E-state index contributed by atoms with van der Waals surface area (Å²) in [4.78, 5) is 10.9. The summed E-state index contributed by atoms with van der Waals surface area (Å²) in [6, 6.07) is 0. The SMILES string of the molecule is [2H]C1C([2H])C2(C(=O)C2[2H])C1[2H]. The van der Waals surface area contributed by atoms with Gasteiger partial charge in [-0.05, 0) is 12.8 Å². The third-order valence-corrected chi connectivity index (χ3v) is 1.46. The molecule has 2 fully saturated rings. The number of carbonyl (C=O) groups excluding carboxylic acids is 1. The largest absolute Gasteiger partial charge is 0.299 e. The molecule has 0 aliphatic heterocycles. The maximum Gasteiger partial charge on any atom is 0.140 e. The van der Waals surface area contributed by atoms with Crippen molar-refractivity contribution >= 4 is 5.78 Å². The number of ketones is 1. The zero-order chi connectivity index (χ0) is 8.39. The zero-order valence-corrected chi connectivity index (χ0v) is 3.72. The third kappa shape index (κ3) is 0.275. The van der Waals surface area contributed by atoms with Crippen LogP contribution in [0.5, 0.6) is 0 Å². The van der Waals surface area contributed by atoms with Crippen LogP contribution in [0, 0.1) is 5.41 Å². The van der Waals surface area contributed by atoms with E-state index in [1.807, 2.05) is 0 Å². The van der Waals surface area contributed by atoms with Crippen molar-refractivity contribution in [3.63, 3.8) is 0 Å². The van der Waals surface area contributed by atoms with Crippen LogP contribution in [0.25, 0.3) is 0 Å². The highest BCUT2D eigenvalue weighted by molar-refractivity contribution is 6.01. The van der Waals surface area contributed by atoms with Crippen molar-refractivity contribution < 1.29 is 10.3 Å². The number of hydrogen-bond acceptors (Lipinski definition) is 1. The van der Waals surface area contributed by atoms with E-state index in [1.165, 1.54) is 0 Å². The monoisotopic (exact) mass is 100 g/mol. The fraction of sp³-hybridized carbons (Fsp3) is 0.833. The van der Waals surface area contributed by atoms with Gasteiger partial charge in [0.1, 0.15) is 5.78 Å². The lowest BCUT2D eigenvalue weighted by Crippen LogP contribution is -2.13. The summed E-state index contributed by atoms with van der Waals surface area (Å²) < 4.78 is 29.0. The number of carbonyl (C=O) groups is 1. The highest BCUT2D eigenvalue weighted by atomic mass is 16.1. The second-order valence-electron chi connectivity index (χ2n) is 1.97. The average Bonchev–Trinajstić information content (AvgIpc) is 2.55. The molecule has 38 valence electrons. The highest BCUT2D eigenvalue weighted by Gasteiger charge is 2.57. The number of hydrogen-bond donors (Lipinski definition) is 0. The Bertz CT molecular complexity index is 219. The van der Waals surface area contributed by atoms with E-state index in [0.29, 0.717) is 0 Å². The van der Waals surface area contributed by atoms with E-state index in [0.717, 1.165) is 0 Å². The standard InChI is InChI=1S/C6H8O/c7-5-4-6(5)2-1-3-6/h1-4H2/i1D,2D,3D,4D. The second kappa shape index (κ2) is 0.770. The van der Waals surface area contributed by atoms with Gasteiger partial charge in [0, 0.05) is 17.3 Å². The van der Waals surface area contributed by atoms with Gasteiger partial charge in [0.15, 0.2) is 0 Å². The van der Waals surface area contributed by atoms with Crippen LogP contribution in [0.2, 0.25) is 0 Å². The lowest BCUT2D eigenvalue weighted by atomic mass is 9.82. The predicted octanol–water partition coefficient (Wildman–Crippen LogP) is 1.13. The van der Waals surface area contributed by atoms with Gasteiger partial charge < -0.3 is 0 Å².